The van der Waals surface area contributed by atoms with E-state index in [0.29, 0.717) is 11.3 Å². The highest BCUT2D eigenvalue weighted by molar-refractivity contribution is 9.10. The molecule has 0 atom stereocenters. The van der Waals surface area contributed by atoms with Crippen LogP contribution in [0, 0.1) is 0 Å². The molecule has 2 rings (SSSR count). The molecule has 0 bridgehead atoms. The molecule has 0 radical (unpaired) electrons. The van der Waals surface area contributed by atoms with Gasteiger partial charge in [0, 0.05) is 10.0 Å². The van der Waals surface area contributed by atoms with Gasteiger partial charge in [-0.3, -0.25) is 4.79 Å². The predicted molar refractivity (Wildman–Crippen MR) is 83.9 cm³/mol. The fourth-order valence-electron chi connectivity index (χ4n) is 1.69. The van der Waals surface area contributed by atoms with Crippen LogP contribution in [0.15, 0.2) is 52.0 Å². The summed E-state index contributed by atoms with van der Waals surface area (Å²) >= 11 is 3.35. The Balaban J connectivity index is 2.11. The van der Waals surface area contributed by atoms with Crippen LogP contribution in [0.2, 0.25) is 0 Å². The van der Waals surface area contributed by atoms with Crippen LogP contribution >= 0.6 is 15.9 Å². The van der Waals surface area contributed by atoms with E-state index in [0.717, 1.165) is 4.47 Å². The minimum atomic E-state index is -0.488. The van der Waals surface area contributed by atoms with Crippen molar-refractivity contribution >= 4 is 28.1 Å². The van der Waals surface area contributed by atoms with Crippen LogP contribution in [0.4, 0.5) is 0 Å². The zero-order chi connectivity index (χ0) is 15.2. The lowest BCUT2D eigenvalue weighted by Gasteiger charge is -2.05. The molecule has 0 heterocycles. The number of hydrogen-bond acceptors (Lipinski definition) is 4. The smallest absolute Gasteiger partial charge is 0.275 e. The molecule has 2 aromatic carbocycles. The van der Waals surface area contributed by atoms with E-state index >= 15 is 0 Å². The van der Waals surface area contributed by atoms with Crippen LogP contribution in [0.25, 0.3) is 0 Å². The molecule has 0 unspecified atom stereocenters. The van der Waals surface area contributed by atoms with E-state index in [-0.39, 0.29) is 11.3 Å². The van der Waals surface area contributed by atoms with Gasteiger partial charge in [0.1, 0.15) is 11.5 Å². The van der Waals surface area contributed by atoms with Gasteiger partial charge in [-0.15, -0.1) is 0 Å². The first kappa shape index (κ1) is 15.1. The number of para-hydroxylation sites is 1. The van der Waals surface area contributed by atoms with Gasteiger partial charge < -0.3 is 9.84 Å². The van der Waals surface area contributed by atoms with Crippen LogP contribution in [0.5, 0.6) is 11.5 Å². The van der Waals surface area contributed by atoms with E-state index in [9.17, 15) is 9.90 Å². The molecule has 6 heteroatoms. The van der Waals surface area contributed by atoms with Crippen LogP contribution in [-0.4, -0.2) is 24.3 Å². The van der Waals surface area contributed by atoms with Crippen LogP contribution in [-0.2, 0) is 0 Å². The average Bonchev–Trinajstić information content (AvgIpc) is 2.48. The molecule has 0 fully saturated rings. The van der Waals surface area contributed by atoms with Crippen molar-refractivity contribution < 1.29 is 14.6 Å². The van der Waals surface area contributed by atoms with E-state index in [2.05, 4.69) is 26.5 Å². The van der Waals surface area contributed by atoms with Gasteiger partial charge in [-0.05, 0) is 30.3 Å². The van der Waals surface area contributed by atoms with Crippen molar-refractivity contribution in [2.75, 3.05) is 7.11 Å². The van der Waals surface area contributed by atoms with Crippen molar-refractivity contribution in [2.45, 2.75) is 0 Å². The normalized spacial score (nSPS) is 10.6. The Kier molecular flexibility index (Phi) is 4.94. The van der Waals surface area contributed by atoms with Crippen molar-refractivity contribution in [1.29, 1.82) is 0 Å². The lowest BCUT2D eigenvalue weighted by Crippen LogP contribution is -2.17. The van der Waals surface area contributed by atoms with E-state index in [1.165, 1.54) is 18.3 Å². The van der Waals surface area contributed by atoms with Crippen molar-refractivity contribution in [1.82, 2.24) is 5.43 Å². The molecular formula is C15H13BrN2O3. The molecule has 108 valence electrons. The van der Waals surface area contributed by atoms with Crippen LogP contribution in [0.3, 0.4) is 0 Å². The highest BCUT2D eigenvalue weighted by atomic mass is 79.9. The second-order valence-corrected chi connectivity index (χ2v) is 5.02. The molecule has 0 saturated heterocycles. The third-order valence-electron chi connectivity index (χ3n) is 2.71. The molecule has 0 aromatic heterocycles. The predicted octanol–water partition coefficient (Wildman–Crippen LogP) is 2.93. The summed E-state index contributed by atoms with van der Waals surface area (Å²) in [4.78, 5) is 11.9. The maximum Gasteiger partial charge on any atom is 0.275 e. The van der Waals surface area contributed by atoms with Crippen molar-refractivity contribution in [3.63, 3.8) is 0 Å². The standard InChI is InChI=1S/C15H13BrN2O3/c1-21-14-7-6-11(16)8-10(14)9-17-18-15(20)12-4-2-3-5-13(12)19/h2-9,19H,1H3,(H,18,20)/b17-9-. The Labute approximate surface area is 130 Å². The summed E-state index contributed by atoms with van der Waals surface area (Å²) in [5.41, 5.74) is 3.23. The van der Waals surface area contributed by atoms with E-state index in [4.69, 9.17) is 4.74 Å². The number of rotatable bonds is 4. The lowest BCUT2D eigenvalue weighted by atomic mass is 10.2. The largest absolute Gasteiger partial charge is 0.507 e. The van der Waals surface area contributed by atoms with E-state index in [1.807, 2.05) is 12.1 Å². The molecular weight excluding hydrogens is 336 g/mol. The third kappa shape index (κ3) is 3.82. The van der Waals surface area contributed by atoms with Gasteiger partial charge in [-0.25, -0.2) is 5.43 Å². The molecule has 21 heavy (non-hydrogen) atoms. The fourth-order valence-corrected chi connectivity index (χ4v) is 2.07. The Morgan fingerprint density at radius 1 is 1.33 bits per heavy atom. The number of methoxy groups -OCH3 is 1. The molecule has 0 aliphatic heterocycles. The second-order valence-electron chi connectivity index (χ2n) is 4.10. The Morgan fingerprint density at radius 2 is 2.10 bits per heavy atom. The number of amides is 1. The summed E-state index contributed by atoms with van der Waals surface area (Å²) in [6.07, 6.45) is 1.47. The minimum Gasteiger partial charge on any atom is -0.507 e. The number of benzene rings is 2. The van der Waals surface area contributed by atoms with Gasteiger partial charge in [-0.2, -0.15) is 5.10 Å². The van der Waals surface area contributed by atoms with Gasteiger partial charge >= 0.3 is 0 Å². The minimum absolute atomic E-state index is 0.0924. The fraction of sp³-hybridized carbons (Fsp3) is 0.0667. The lowest BCUT2D eigenvalue weighted by molar-refractivity contribution is 0.0952. The second kappa shape index (κ2) is 6.90. The first-order valence-electron chi connectivity index (χ1n) is 6.06. The zero-order valence-corrected chi connectivity index (χ0v) is 12.8. The maximum absolute atomic E-state index is 11.9. The SMILES string of the molecule is COc1ccc(Br)cc1/C=N\NC(=O)c1ccccc1O. The maximum atomic E-state index is 11.9. The van der Waals surface area contributed by atoms with Crippen molar-refractivity contribution in [2.24, 2.45) is 5.10 Å². The summed E-state index contributed by atoms with van der Waals surface area (Å²) < 4.78 is 6.07. The quantitative estimate of drug-likeness (QED) is 0.659. The summed E-state index contributed by atoms with van der Waals surface area (Å²) in [5.74, 6) is 0.0577. The number of hydrogen-bond donors (Lipinski definition) is 2. The summed E-state index contributed by atoms with van der Waals surface area (Å²) in [7, 11) is 1.56. The molecule has 1 amide bonds. The molecule has 2 aromatic rings. The number of halogens is 1. The number of ether oxygens (including phenoxy) is 1. The number of aromatic hydroxyl groups is 1. The van der Waals surface area contributed by atoms with Gasteiger partial charge in [0.05, 0.1) is 18.9 Å². The highest BCUT2D eigenvalue weighted by Crippen LogP contribution is 2.21. The van der Waals surface area contributed by atoms with E-state index < -0.39 is 5.91 Å². The summed E-state index contributed by atoms with van der Waals surface area (Å²) in [6.45, 7) is 0. The number of nitrogens with zero attached hydrogens (tertiary/aromatic N) is 1. The van der Waals surface area contributed by atoms with Crippen molar-refractivity contribution in [3.8, 4) is 11.5 Å². The molecule has 0 spiro atoms. The first-order chi connectivity index (χ1) is 10.1. The number of hydrazone groups is 1. The average molecular weight is 349 g/mol. The number of nitrogens with one attached hydrogen (secondary N) is 1. The van der Waals surface area contributed by atoms with Crippen LogP contribution in [0.1, 0.15) is 15.9 Å². The monoisotopic (exact) mass is 348 g/mol. The number of phenolic OH excluding ortho intramolecular Hbond substituents is 1. The van der Waals surface area contributed by atoms with E-state index in [1.54, 1.807) is 25.3 Å². The van der Waals surface area contributed by atoms with Gasteiger partial charge in [0.25, 0.3) is 5.91 Å². The van der Waals surface area contributed by atoms with Gasteiger partial charge in [-0.1, -0.05) is 28.1 Å². The summed E-state index contributed by atoms with van der Waals surface area (Å²) in [5, 5.41) is 13.4. The molecule has 0 aliphatic carbocycles. The topological polar surface area (TPSA) is 70.9 Å². The molecule has 0 saturated carbocycles. The molecule has 2 N–H and O–H groups in total. The number of phenols is 1. The molecule has 0 aliphatic rings. The van der Waals surface area contributed by atoms with Gasteiger partial charge in [0.15, 0.2) is 0 Å². The Morgan fingerprint density at radius 3 is 2.81 bits per heavy atom. The third-order valence-corrected chi connectivity index (χ3v) is 3.20. The Bertz CT molecular complexity index is 686. The number of carbonyl (C=O) groups excluding carboxylic acids is 1. The zero-order valence-electron chi connectivity index (χ0n) is 11.2. The number of carbonyl (C=O) groups is 1. The Hall–Kier alpha value is -2.34. The molecule has 5 nitrogen and oxygen atoms in total. The van der Waals surface area contributed by atoms with Gasteiger partial charge in [0.2, 0.25) is 0 Å². The van der Waals surface area contributed by atoms with Crippen LogP contribution < -0.4 is 10.2 Å². The highest BCUT2D eigenvalue weighted by Gasteiger charge is 2.08. The van der Waals surface area contributed by atoms with Crippen molar-refractivity contribution in [3.05, 3.63) is 58.1 Å². The first-order valence-corrected chi connectivity index (χ1v) is 6.86. The summed E-state index contributed by atoms with van der Waals surface area (Å²) in [6, 6.07) is 11.7.